The highest BCUT2D eigenvalue weighted by molar-refractivity contribution is 9.10. The average Bonchev–Trinajstić information content (AvgIpc) is 2.99. The van der Waals surface area contributed by atoms with Crippen molar-refractivity contribution < 1.29 is 9.59 Å². The van der Waals surface area contributed by atoms with Crippen LogP contribution in [0.3, 0.4) is 0 Å². The number of amides is 2. The Kier molecular flexibility index (Phi) is 5.76. The van der Waals surface area contributed by atoms with Crippen LogP contribution < -0.4 is 0 Å². The van der Waals surface area contributed by atoms with Gasteiger partial charge in [-0.05, 0) is 61.0 Å². The van der Waals surface area contributed by atoms with Gasteiger partial charge in [0.1, 0.15) is 6.54 Å². The van der Waals surface area contributed by atoms with Gasteiger partial charge in [0.25, 0.3) is 0 Å². The molecule has 3 heterocycles. The van der Waals surface area contributed by atoms with Gasteiger partial charge < -0.3 is 14.4 Å². The standard InChI is InChI=1S/C22H28BrN3O2/c1-16-21(23)18-7-3-4-8-19(18)26(16)15-20(27)24-13-9-17(10-14-24)22(28)25-11-5-2-6-12-25/h3-4,7-8,17H,2,5-6,9-15H2,1H3. The first-order chi connectivity index (χ1) is 13.6. The molecule has 2 saturated heterocycles. The molecule has 1 aromatic heterocycles. The highest BCUT2D eigenvalue weighted by Gasteiger charge is 2.31. The predicted octanol–water partition coefficient (Wildman–Crippen LogP) is 3.96. The maximum atomic E-state index is 12.9. The Labute approximate surface area is 174 Å². The highest BCUT2D eigenvalue weighted by atomic mass is 79.9. The van der Waals surface area contributed by atoms with Gasteiger partial charge in [0, 0.05) is 53.2 Å². The molecular formula is C22H28BrN3O2. The number of carbonyl (C=O) groups excluding carboxylic acids is 2. The summed E-state index contributed by atoms with van der Waals surface area (Å²) in [6.07, 6.45) is 5.07. The van der Waals surface area contributed by atoms with Crippen molar-refractivity contribution in [3.8, 4) is 0 Å². The molecule has 6 heteroatoms. The van der Waals surface area contributed by atoms with E-state index >= 15 is 0 Å². The number of nitrogens with zero attached hydrogens (tertiary/aromatic N) is 3. The third-order valence-electron chi connectivity index (χ3n) is 6.31. The minimum Gasteiger partial charge on any atom is -0.342 e. The number of para-hydroxylation sites is 1. The number of rotatable bonds is 3. The van der Waals surface area contributed by atoms with Crippen LogP contribution in [0.4, 0.5) is 0 Å². The van der Waals surface area contributed by atoms with E-state index in [-0.39, 0.29) is 11.8 Å². The lowest BCUT2D eigenvalue weighted by Crippen LogP contribution is -2.46. The minimum atomic E-state index is 0.0884. The SMILES string of the molecule is Cc1c(Br)c2ccccc2n1CC(=O)N1CCC(C(=O)N2CCCCC2)CC1. The molecule has 5 nitrogen and oxygen atoms in total. The molecule has 150 valence electrons. The normalized spacial score (nSPS) is 18.6. The number of hydrogen-bond acceptors (Lipinski definition) is 2. The average molecular weight is 446 g/mol. The second-order valence-corrected chi connectivity index (χ2v) is 8.84. The fraction of sp³-hybridized carbons (Fsp3) is 0.545. The number of piperidine rings is 2. The van der Waals surface area contributed by atoms with Crippen molar-refractivity contribution in [1.82, 2.24) is 14.4 Å². The zero-order valence-electron chi connectivity index (χ0n) is 16.5. The van der Waals surface area contributed by atoms with Crippen molar-refractivity contribution in [3.63, 3.8) is 0 Å². The van der Waals surface area contributed by atoms with Crippen molar-refractivity contribution in [3.05, 3.63) is 34.4 Å². The first kappa shape index (κ1) is 19.5. The van der Waals surface area contributed by atoms with Crippen molar-refractivity contribution >= 4 is 38.6 Å². The zero-order valence-corrected chi connectivity index (χ0v) is 18.1. The molecule has 0 atom stereocenters. The Hall–Kier alpha value is -1.82. The van der Waals surface area contributed by atoms with Crippen LogP contribution in [-0.4, -0.2) is 52.4 Å². The summed E-state index contributed by atoms with van der Waals surface area (Å²) < 4.78 is 3.15. The summed E-state index contributed by atoms with van der Waals surface area (Å²) in [5.74, 6) is 0.536. The number of benzene rings is 1. The number of carbonyl (C=O) groups is 2. The molecule has 2 aliphatic heterocycles. The summed E-state index contributed by atoms with van der Waals surface area (Å²) in [5.41, 5.74) is 2.15. The smallest absolute Gasteiger partial charge is 0.242 e. The molecule has 2 aromatic rings. The van der Waals surface area contributed by atoms with E-state index in [0.717, 1.165) is 59.8 Å². The van der Waals surface area contributed by atoms with Gasteiger partial charge >= 0.3 is 0 Å². The van der Waals surface area contributed by atoms with E-state index in [9.17, 15) is 9.59 Å². The van der Waals surface area contributed by atoms with E-state index in [0.29, 0.717) is 25.5 Å². The second-order valence-electron chi connectivity index (χ2n) is 8.04. The lowest BCUT2D eigenvalue weighted by atomic mass is 9.94. The van der Waals surface area contributed by atoms with Gasteiger partial charge in [0.2, 0.25) is 11.8 Å². The fourth-order valence-corrected chi connectivity index (χ4v) is 5.13. The van der Waals surface area contributed by atoms with Crippen molar-refractivity contribution in [2.45, 2.75) is 45.6 Å². The van der Waals surface area contributed by atoms with E-state index in [4.69, 9.17) is 0 Å². The molecule has 4 rings (SSSR count). The van der Waals surface area contributed by atoms with E-state index < -0.39 is 0 Å². The maximum absolute atomic E-state index is 12.9. The van der Waals surface area contributed by atoms with Gasteiger partial charge in [-0.25, -0.2) is 0 Å². The van der Waals surface area contributed by atoms with Gasteiger partial charge in [-0.15, -0.1) is 0 Å². The van der Waals surface area contributed by atoms with Crippen LogP contribution >= 0.6 is 15.9 Å². The molecule has 0 N–H and O–H groups in total. The number of hydrogen-bond donors (Lipinski definition) is 0. The number of likely N-dealkylation sites (tertiary alicyclic amines) is 2. The Morgan fingerprint density at radius 2 is 1.68 bits per heavy atom. The van der Waals surface area contributed by atoms with Gasteiger partial charge in [0.05, 0.1) is 0 Å². The molecule has 1 aromatic carbocycles. The highest BCUT2D eigenvalue weighted by Crippen LogP contribution is 2.30. The van der Waals surface area contributed by atoms with Crippen molar-refractivity contribution in [2.75, 3.05) is 26.2 Å². The molecule has 2 aliphatic rings. The van der Waals surface area contributed by atoms with Crippen molar-refractivity contribution in [2.24, 2.45) is 5.92 Å². The number of fused-ring (bicyclic) bond motifs is 1. The zero-order chi connectivity index (χ0) is 19.7. The second kappa shape index (κ2) is 8.27. The lowest BCUT2D eigenvalue weighted by molar-refractivity contribution is -0.141. The first-order valence-electron chi connectivity index (χ1n) is 10.4. The minimum absolute atomic E-state index is 0.0884. The topological polar surface area (TPSA) is 45.6 Å². The molecule has 28 heavy (non-hydrogen) atoms. The quantitative estimate of drug-likeness (QED) is 0.717. The molecule has 0 unspecified atom stereocenters. The van der Waals surface area contributed by atoms with Gasteiger partial charge in [-0.2, -0.15) is 0 Å². The van der Waals surface area contributed by atoms with Crippen LogP contribution in [0.15, 0.2) is 28.7 Å². The van der Waals surface area contributed by atoms with Crippen LogP contribution in [0.1, 0.15) is 37.8 Å². The molecule has 2 amide bonds. The molecule has 0 aliphatic carbocycles. The van der Waals surface area contributed by atoms with Crippen LogP contribution in [0.25, 0.3) is 10.9 Å². The Balaban J connectivity index is 1.38. The Bertz CT molecular complexity index is 877. The molecule has 0 bridgehead atoms. The predicted molar refractivity (Wildman–Crippen MR) is 114 cm³/mol. The van der Waals surface area contributed by atoms with Crippen LogP contribution in [0, 0.1) is 12.8 Å². The largest absolute Gasteiger partial charge is 0.342 e. The summed E-state index contributed by atoms with van der Waals surface area (Å²) >= 11 is 3.66. The van der Waals surface area contributed by atoms with Crippen LogP contribution in [0.5, 0.6) is 0 Å². The van der Waals surface area contributed by atoms with Crippen LogP contribution in [0.2, 0.25) is 0 Å². The summed E-state index contributed by atoms with van der Waals surface area (Å²) in [4.78, 5) is 29.6. The Morgan fingerprint density at radius 3 is 2.39 bits per heavy atom. The van der Waals surface area contributed by atoms with E-state index in [1.165, 1.54) is 6.42 Å². The third-order valence-corrected chi connectivity index (χ3v) is 7.31. The number of aromatic nitrogens is 1. The monoisotopic (exact) mass is 445 g/mol. The van der Waals surface area contributed by atoms with E-state index in [2.05, 4.69) is 32.6 Å². The molecular weight excluding hydrogens is 418 g/mol. The summed E-state index contributed by atoms with van der Waals surface area (Å²) in [7, 11) is 0. The fourth-order valence-electron chi connectivity index (χ4n) is 4.58. The summed E-state index contributed by atoms with van der Waals surface area (Å²) in [5, 5.41) is 1.14. The number of halogens is 1. The van der Waals surface area contributed by atoms with Gasteiger partial charge in [-0.3, -0.25) is 9.59 Å². The van der Waals surface area contributed by atoms with E-state index in [1.54, 1.807) is 0 Å². The Morgan fingerprint density at radius 1 is 1.00 bits per heavy atom. The molecule has 0 spiro atoms. The maximum Gasteiger partial charge on any atom is 0.242 e. The van der Waals surface area contributed by atoms with Crippen LogP contribution in [-0.2, 0) is 16.1 Å². The van der Waals surface area contributed by atoms with Gasteiger partial charge in [-0.1, -0.05) is 18.2 Å². The van der Waals surface area contributed by atoms with Gasteiger partial charge in [0.15, 0.2) is 0 Å². The first-order valence-corrected chi connectivity index (χ1v) is 11.2. The van der Waals surface area contributed by atoms with E-state index in [1.807, 2.05) is 28.9 Å². The summed E-state index contributed by atoms with van der Waals surface area (Å²) in [6, 6.07) is 8.16. The third kappa shape index (κ3) is 3.71. The van der Waals surface area contributed by atoms with Crippen molar-refractivity contribution in [1.29, 1.82) is 0 Å². The summed E-state index contributed by atoms with van der Waals surface area (Å²) in [6.45, 7) is 5.58. The molecule has 2 fully saturated rings. The molecule has 0 radical (unpaired) electrons. The lowest BCUT2D eigenvalue weighted by Gasteiger charge is -2.35. The molecule has 0 saturated carbocycles.